The van der Waals surface area contributed by atoms with Gasteiger partial charge in [0.25, 0.3) is 0 Å². The van der Waals surface area contributed by atoms with Crippen LogP contribution in [0.2, 0.25) is 0 Å². The summed E-state index contributed by atoms with van der Waals surface area (Å²) in [7, 11) is 2.12. The van der Waals surface area contributed by atoms with Gasteiger partial charge < -0.3 is 10.1 Å². The molecule has 0 fully saturated rings. The Kier molecular flexibility index (Phi) is 8.38. The van der Waals surface area contributed by atoms with E-state index in [0.29, 0.717) is 0 Å². The van der Waals surface area contributed by atoms with Gasteiger partial charge in [-0.1, -0.05) is 6.07 Å². The molecule has 1 rings (SSSR count). The molecule has 4 nitrogen and oxygen atoms in total. The van der Waals surface area contributed by atoms with Crippen LogP contribution in [0.4, 0.5) is 0 Å². The Morgan fingerprint density at radius 2 is 2.22 bits per heavy atom. The zero-order valence-corrected chi connectivity index (χ0v) is 11.6. The summed E-state index contributed by atoms with van der Waals surface area (Å²) < 4.78 is 5.28. The molecule has 0 saturated heterocycles. The van der Waals surface area contributed by atoms with E-state index in [1.165, 1.54) is 0 Å². The molecule has 0 saturated carbocycles. The third kappa shape index (κ3) is 7.37. The monoisotopic (exact) mass is 251 g/mol. The van der Waals surface area contributed by atoms with Crippen LogP contribution in [-0.4, -0.2) is 49.8 Å². The third-order valence-corrected chi connectivity index (χ3v) is 2.67. The van der Waals surface area contributed by atoms with Crippen LogP contribution in [0.5, 0.6) is 0 Å². The van der Waals surface area contributed by atoms with Crippen molar-refractivity contribution >= 4 is 0 Å². The second kappa shape index (κ2) is 10.00. The summed E-state index contributed by atoms with van der Waals surface area (Å²) in [6.07, 6.45) is 2.92. The van der Waals surface area contributed by atoms with Gasteiger partial charge in [0, 0.05) is 39.0 Å². The molecule has 0 aliphatic carbocycles. The summed E-state index contributed by atoms with van der Waals surface area (Å²) >= 11 is 0. The molecule has 1 aromatic rings. The van der Waals surface area contributed by atoms with Crippen molar-refractivity contribution in [1.29, 1.82) is 0 Å². The van der Waals surface area contributed by atoms with Gasteiger partial charge in [0.05, 0.1) is 5.69 Å². The van der Waals surface area contributed by atoms with Crippen molar-refractivity contribution < 1.29 is 4.74 Å². The highest BCUT2D eigenvalue weighted by Crippen LogP contribution is 1.97. The Morgan fingerprint density at radius 3 is 2.94 bits per heavy atom. The van der Waals surface area contributed by atoms with Crippen molar-refractivity contribution in [2.75, 3.05) is 39.9 Å². The molecule has 0 spiro atoms. The third-order valence-electron chi connectivity index (χ3n) is 2.67. The van der Waals surface area contributed by atoms with E-state index < -0.39 is 0 Å². The van der Waals surface area contributed by atoms with Crippen molar-refractivity contribution in [3.8, 4) is 0 Å². The van der Waals surface area contributed by atoms with E-state index in [-0.39, 0.29) is 0 Å². The molecular formula is C14H25N3O. The number of hydrogen-bond acceptors (Lipinski definition) is 4. The van der Waals surface area contributed by atoms with Crippen LogP contribution in [0.1, 0.15) is 19.0 Å². The van der Waals surface area contributed by atoms with E-state index in [0.717, 1.165) is 51.5 Å². The quantitative estimate of drug-likeness (QED) is 0.640. The first-order valence-electron chi connectivity index (χ1n) is 6.70. The summed E-state index contributed by atoms with van der Waals surface area (Å²) in [5.41, 5.74) is 1.12. The van der Waals surface area contributed by atoms with Crippen LogP contribution in [-0.2, 0) is 11.3 Å². The first-order chi connectivity index (χ1) is 8.83. The van der Waals surface area contributed by atoms with Gasteiger partial charge in [-0.15, -0.1) is 0 Å². The average molecular weight is 251 g/mol. The molecule has 0 aromatic carbocycles. The van der Waals surface area contributed by atoms with E-state index in [4.69, 9.17) is 4.74 Å². The molecule has 0 radical (unpaired) electrons. The van der Waals surface area contributed by atoms with Crippen molar-refractivity contribution in [2.45, 2.75) is 19.9 Å². The molecule has 4 heteroatoms. The Balaban J connectivity index is 1.99. The molecule has 1 aromatic heterocycles. The molecule has 0 bridgehead atoms. The molecule has 0 aliphatic heterocycles. The van der Waals surface area contributed by atoms with Crippen molar-refractivity contribution in [2.24, 2.45) is 0 Å². The molecule has 102 valence electrons. The number of likely N-dealkylation sites (N-methyl/N-ethyl adjacent to an activating group) is 1. The highest BCUT2D eigenvalue weighted by atomic mass is 16.5. The standard InChI is InChI=1S/C14H25N3O/c1-3-18-12-6-8-15-10-11-17(2)13-14-7-4-5-9-16-14/h4-5,7,9,15H,3,6,8,10-13H2,1-2H3. The Morgan fingerprint density at radius 1 is 1.33 bits per heavy atom. The van der Waals surface area contributed by atoms with E-state index >= 15 is 0 Å². The van der Waals surface area contributed by atoms with Crippen LogP contribution < -0.4 is 5.32 Å². The maximum atomic E-state index is 5.28. The summed E-state index contributed by atoms with van der Waals surface area (Å²) in [6, 6.07) is 6.04. The van der Waals surface area contributed by atoms with Gasteiger partial charge in [-0.25, -0.2) is 0 Å². The lowest BCUT2D eigenvalue weighted by atomic mass is 10.3. The van der Waals surface area contributed by atoms with Gasteiger partial charge in [-0.3, -0.25) is 9.88 Å². The highest BCUT2D eigenvalue weighted by Gasteiger charge is 2.00. The fraction of sp³-hybridized carbons (Fsp3) is 0.643. The van der Waals surface area contributed by atoms with Gasteiger partial charge in [0.1, 0.15) is 0 Å². The molecule has 1 N–H and O–H groups in total. The molecular weight excluding hydrogens is 226 g/mol. The average Bonchev–Trinajstić information content (AvgIpc) is 2.39. The highest BCUT2D eigenvalue weighted by molar-refractivity contribution is 5.02. The number of pyridine rings is 1. The number of ether oxygens (including phenoxy) is 1. The van der Waals surface area contributed by atoms with Crippen LogP contribution in [0, 0.1) is 0 Å². The summed E-state index contributed by atoms with van der Waals surface area (Å²) in [5.74, 6) is 0. The normalized spacial score (nSPS) is 11.1. The summed E-state index contributed by atoms with van der Waals surface area (Å²) in [6.45, 7) is 7.67. The van der Waals surface area contributed by atoms with E-state index in [1.54, 1.807) is 0 Å². The van der Waals surface area contributed by atoms with Gasteiger partial charge in [-0.2, -0.15) is 0 Å². The number of rotatable bonds is 10. The molecule has 0 amide bonds. The molecule has 1 heterocycles. The van der Waals surface area contributed by atoms with Crippen LogP contribution >= 0.6 is 0 Å². The summed E-state index contributed by atoms with van der Waals surface area (Å²) in [5, 5.41) is 3.42. The second-order valence-electron chi connectivity index (χ2n) is 4.36. The lowest BCUT2D eigenvalue weighted by Crippen LogP contribution is -2.30. The van der Waals surface area contributed by atoms with Gasteiger partial charge in [0.2, 0.25) is 0 Å². The van der Waals surface area contributed by atoms with Crippen LogP contribution in [0.25, 0.3) is 0 Å². The zero-order chi connectivity index (χ0) is 13.1. The topological polar surface area (TPSA) is 37.4 Å². The Hall–Kier alpha value is -0.970. The molecule has 18 heavy (non-hydrogen) atoms. The fourth-order valence-corrected chi connectivity index (χ4v) is 1.69. The van der Waals surface area contributed by atoms with Crippen LogP contribution in [0.3, 0.4) is 0 Å². The molecule has 0 aliphatic rings. The first kappa shape index (κ1) is 15.1. The van der Waals surface area contributed by atoms with Crippen molar-refractivity contribution in [1.82, 2.24) is 15.2 Å². The number of nitrogens with zero attached hydrogens (tertiary/aromatic N) is 2. The SMILES string of the molecule is CCOCCCNCCN(C)Cc1ccccn1. The Labute approximate surface area is 110 Å². The fourth-order valence-electron chi connectivity index (χ4n) is 1.69. The summed E-state index contributed by atoms with van der Waals surface area (Å²) in [4.78, 5) is 6.59. The van der Waals surface area contributed by atoms with E-state index in [2.05, 4.69) is 28.3 Å². The largest absolute Gasteiger partial charge is 0.382 e. The minimum atomic E-state index is 0.812. The maximum Gasteiger partial charge on any atom is 0.0543 e. The van der Waals surface area contributed by atoms with E-state index in [1.807, 2.05) is 25.3 Å². The number of aromatic nitrogens is 1. The first-order valence-corrected chi connectivity index (χ1v) is 6.70. The Bertz CT molecular complexity index is 292. The predicted octanol–water partition coefficient (Wildman–Crippen LogP) is 1.53. The van der Waals surface area contributed by atoms with Gasteiger partial charge >= 0.3 is 0 Å². The van der Waals surface area contributed by atoms with Crippen LogP contribution in [0.15, 0.2) is 24.4 Å². The van der Waals surface area contributed by atoms with Gasteiger partial charge in [0.15, 0.2) is 0 Å². The van der Waals surface area contributed by atoms with Gasteiger partial charge in [-0.05, 0) is 39.1 Å². The smallest absolute Gasteiger partial charge is 0.0543 e. The maximum absolute atomic E-state index is 5.28. The second-order valence-corrected chi connectivity index (χ2v) is 4.36. The zero-order valence-electron chi connectivity index (χ0n) is 11.6. The van der Waals surface area contributed by atoms with E-state index in [9.17, 15) is 0 Å². The molecule has 0 unspecified atom stereocenters. The number of nitrogens with one attached hydrogen (secondary N) is 1. The predicted molar refractivity (Wildman–Crippen MR) is 74.6 cm³/mol. The van der Waals surface area contributed by atoms with Crippen molar-refractivity contribution in [3.05, 3.63) is 30.1 Å². The minimum absolute atomic E-state index is 0.812. The molecule has 0 atom stereocenters. The van der Waals surface area contributed by atoms with Crippen molar-refractivity contribution in [3.63, 3.8) is 0 Å². The lowest BCUT2D eigenvalue weighted by molar-refractivity contribution is 0.144. The lowest BCUT2D eigenvalue weighted by Gasteiger charge is -2.16. The number of hydrogen-bond donors (Lipinski definition) is 1. The minimum Gasteiger partial charge on any atom is -0.382 e.